The average Bonchev–Trinajstić information content (AvgIpc) is 2.47. The van der Waals surface area contributed by atoms with E-state index in [1.165, 1.54) is 0 Å². The topological polar surface area (TPSA) is 122 Å². The molecule has 0 aliphatic heterocycles. The first-order valence-corrected chi connectivity index (χ1v) is 5.82. The van der Waals surface area contributed by atoms with Gasteiger partial charge >= 0.3 is 0 Å². The summed E-state index contributed by atoms with van der Waals surface area (Å²) in [7, 11) is 0. The van der Waals surface area contributed by atoms with E-state index in [0.717, 1.165) is 42.6 Å². The van der Waals surface area contributed by atoms with Gasteiger partial charge in [-0.05, 0) is 11.6 Å². The quantitative estimate of drug-likeness (QED) is 0.487. The van der Waals surface area contributed by atoms with Crippen molar-refractivity contribution in [1.29, 1.82) is 0 Å². The van der Waals surface area contributed by atoms with Gasteiger partial charge in [0.1, 0.15) is 11.5 Å². The van der Waals surface area contributed by atoms with Gasteiger partial charge in [0.05, 0.1) is 9.85 Å². The van der Waals surface area contributed by atoms with Gasteiger partial charge in [-0.3, -0.25) is 25.2 Å². The van der Waals surface area contributed by atoms with Gasteiger partial charge < -0.3 is 5.11 Å². The van der Waals surface area contributed by atoms with Crippen molar-refractivity contribution < 1.29 is 19.3 Å². The van der Waals surface area contributed by atoms with Gasteiger partial charge in [-0.25, -0.2) is 4.39 Å². The van der Waals surface area contributed by atoms with E-state index < -0.39 is 21.4 Å². The first kappa shape index (κ1) is 15.0. The summed E-state index contributed by atoms with van der Waals surface area (Å²) in [6.07, 6.45) is 0.928. The number of benzene rings is 2. The molecule has 0 atom stereocenters. The molecule has 0 spiro atoms. The zero-order chi connectivity index (χ0) is 16.3. The number of aliphatic imine (C=N–C) groups is 1. The monoisotopic (exact) mass is 304 g/mol. The molecule has 0 saturated carbocycles. The summed E-state index contributed by atoms with van der Waals surface area (Å²) in [4.78, 5) is 23.5. The van der Waals surface area contributed by atoms with E-state index in [-0.39, 0.29) is 22.6 Å². The summed E-state index contributed by atoms with van der Waals surface area (Å²) in [5.41, 5.74) is -1.16. The van der Waals surface area contributed by atoms with Crippen LogP contribution in [0.2, 0.25) is 0 Å². The molecule has 0 fully saturated rings. The molecule has 0 heterocycles. The second-order valence-corrected chi connectivity index (χ2v) is 4.13. The number of nitrogens with zero attached hydrogens (tertiary/aromatic N) is 3. The molecule has 2 aromatic rings. The highest BCUT2D eigenvalue weighted by Crippen LogP contribution is 2.25. The van der Waals surface area contributed by atoms with Crippen LogP contribution in [0.3, 0.4) is 0 Å². The molecule has 0 amide bonds. The molecule has 112 valence electrons. The molecular formula is C13H7FN3O5-. The Labute approximate surface area is 122 Å². The van der Waals surface area contributed by atoms with Gasteiger partial charge in [0.15, 0.2) is 0 Å². The first-order valence-electron chi connectivity index (χ1n) is 5.82. The third-order valence-electron chi connectivity index (χ3n) is 2.69. The van der Waals surface area contributed by atoms with Crippen molar-refractivity contribution in [2.45, 2.75) is 0 Å². The summed E-state index contributed by atoms with van der Waals surface area (Å²) >= 11 is 0. The van der Waals surface area contributed by atoms with Crippen molar-refractivity contribution in [2.75, 3.05) is 0 Å². The Kier molecular flexibility index (Phi) is 4.07. The lowest BCUT2D eigenvalue weighted by Gasteiger charge is -2.08. The van der Waals surface area contributed by atoms with Crippen LogP contribution in [0.25, 0.3) is 0 Å². The average molecular weight is 304 g/mol. The number of hydrogen-bond donors (Lipinski definition) is 0. The van der Waals surface area contributed by atoms with Gasteiger partial charge in [-0.1, -0.05) is 11.8 Å². The Bertz CT molecular complexity index is 726. The highest BCUT2D eigenvalue weighted by Gasteiger charge is 2.10. The maximum absolute atomic E-state index is 13.5. The van der Waals surface area contributed by atoms with Crippen LogP contribution in [0.15, 0.2) is 41.4 Å². The van der Waals surface area contributed by atoms with Crippen LogP contribution in [0, 0.1) is 26.0 Å². The molecule has 0 aliphatic carbocycles. The first-order chi connectivity index (χ1) is 10.4. The molecule has 0 aliphatic rings. The molecule has 0 radical (unpaired) electrons. The van der Waals surface area contributed by atoms with Gasteiger partial charge in [0.2, 0.25) is 0 Å². The van der Waals surface area contributed by atoms with E-state index in [1.807, 2.05) is 0 Å². The Morgan fingerprint density at radius 2 is 1.59 bits per heavy atom. The molecule has 22 heavy (non-hydrogen) atoms. The second kappa shape index (κ2) is 5.95. The number of nitro benzene ring substituents is 2. The molecule has 0 aromatic heterocycles. The van der Waals surface area contributed by atoms with E-state index in [1.54, 1.807) is 0 Å². The van der Waals surface area contributed by atoms with E-state index in [2.05, 4.69) is 4.99 Å². The normalized spacial score (nSPS) is 10.8. The number of non-ortho nitro benzene ring substituents is 2. The van der Waals surface area contributed by atoms with Gasteiger partial charge in [0, 0.05) is 30.5 Å². The van der Waals surface area contributed by atoms with E-state index >= 15 is 0 Å². The van der Waals surface area contributed by atoms with Crippen molar-refractivity contribution in [3.63, 3.8) is 0 Å². The Hall–Kier alpha value is -3.36. The minimum absolute atomic E-state index is 0.125. The Morgan fingerprint density at radius 3 is 2.23 bits per heavy atom. The Morgan fingerprint density at radius 1 is 1.00 bits per heavy atom. The lowest BCUT2D eigenvalue weighted by atomic mass is 10.2. The minimum Gasteiger partial charge on any atom is -0.872 e. The predicted molar refractivity (Wildman–Crippen MR) is 72.9 cm³/mol. The van der Waals surface area contributed by atoms with Crippen LogP contribution in [0.4, 0.5) is 21.5 Å². The van der Waals surface area contributed by atoms with Crippen LogP contribution >= 0.6 is 0 Å². The van der Waals surface area contributed by atoms with E-state index in [4.69, 9.17) is 0 Å². The fourth-order valence-corrected chi connectivity index (χ4v) is 1.60. The minimum atomic E-state index is -0.820. The van der Waals surface area contributed by atoms with Crippen molar-refractivity contribution in [3.8, 4) is 5.75 Å². The number of nitro groups is 2. The van der Waals surface area contributed by atoms with Crippen LogP contribution in [-0.2, 0) is 0 Å². The maximum atomic E-state index is 13.5. The maximum Gasteiger partial charge on any atom is 0.271 e. The zero-order valence-corrected chi connectivity index (χ0v) is 10.8. The number of halogens is 1. The second-order valence-electron chi connectivity index (χ2n) is 4.13. The van der Waals surface area contributed by atoms with Crippen molar-refractivity contribution in [1.82, 2.24) is 0 Å². The Balaban J connectivity index is 2.40. The molecule has 0 unspecified atom stereocenters. The van der Waals surface area contributed by atoms with Crippen LogP contribution < -0.4 is 5.11 Å². The number of hydrogen-bond acceptors (Lipinski definition) is 6. The van der Waals surface area contributed by atoms with E-state index in [9.17, 15) is 29.7 Å². The summed E-state index contributed by atoms with van der Waals surface area (Å²) in [6, 6.07) is 5.75. The summed E-state index contributed by atoms with van der Waals surface area (Å²) in [5.74, 6) is -1.36. The third-order valence-corrected chi connectivity index (χ3v) is 2.69. The SMILES string of the molecule is O=[N+]([O-])c1ccc([O-])c(C=Nc2cc([N+](=O)[O-])ccc2F)c1. The van der Waals surface area contributed by atoms with Crippen molar-refractivity contribution in [3.05, 3.63) is 68.0 Å². The molecule has 0 bridgehead atoms. The van der Waals surface area contributed by atoms with Gasteiger partial charge in [0.25, 0.3) is 11.4 Å². The smallest absolute Gasteiger partial charge is 0.271 e. The van der Waals surface area contributed by atoms with E-state index in [0.29, 0.717) is 0 Å². The largest absolute Gasteiger partial charge is 0.872 e. The van der Waals surface area contributed by atoms with Crippen molar-refractivity contribution in [2.24, 2.45) is 4.99 Å². The highest BCUT2D eigenvalue weighted by molar-refractivity contribution is 5.86. The fraction of sp³-hybridized carbons (Fsp3) is 0. The molecule has 2 rings (SSSR count). The fourth-order valence-electron chi connectivity index (χ4n) is 1.60. The lowest BCUT2D eigenvalue weighted by molar-refractivity contribution is -0.385. The van der Waals surface area contributed by atoms with Crippen molar-refractivity contribution >= 4 is 23.3 Å². The van der Waals surface area contributed by atoms with Crippen LogP contribution in [0.5, 0.6) is 5.75 Å². The molecular weight excluding hydrogens is 297 g/mol. The van der Waals surface area contributed by atoms with Gasteiger partial charge in [-0.2, -0.15) is 0 Å². The molecule has 8 nitrogen and oxygen atoms in total. The highest BCUT2D eigenvalue weighted by atomic mass is 19.1. The van der Waals surface area contributed by atoms with Crippen LogP contribution in [0.1, 0.15) is 5.56 Å². The summed E-state index contributed by atoms with van der Waals surface area (Å²) < 4.78 is 13.5. The summed E-state index contributed by atoms with van der Waals surface area (Å²) in [5, 5.41) is 32.8. The molecule has 0 N–H and O–H groups in total. The standard InChI is InChI=1S/C13H8FN3O5/c14-11-3-1-10(17(21)22)6-12(11)15-7-8-5-9(16(19)20)2-4-13(8)18/h1-7,18H/p-1. The zero-order valence-electron chi connectivity index (χ0n) is 10.8. The molecule has 0 saturated heterocycles. The molecule has 9 heteroatoms. The predicted octanol–water partition coefficient (Wildman–Crippen LogP) is 2.47. The summed E-state index contributed by atoms with van der Waals surface area (Å²) in [6.45, 7) is 0. The van der Waals surface area contributed by atoms with Gasteiger partial charge in [-0.15, -0.1) is 0 Å². The third kappa shape index (κ3) is 3.20. The molecule has 2 aromatic carbocycles. The van der Waals surface area contributed by atoms with Crippen LogP contribution in [-0.4, -0.2) is 16.1 Å². The lowest BCUT2D eigenvalue weighted by Crippen LogP contribution is -1.98. The number of rotatable bonds is 4.